The van der Waals surface area contributed by atoms with E-state index in [9.17, 15) is 5.11 Å². The van der Waals surface area contributed by atoms with Crippen LogP contribution in [0.1, 0.15) is 59.7 Å². The van der Waals surface area contributed by atoms with Crippen molar-refractivity contribution in [3.63, 3.8) is 0 Å². The summed E-state index contributed by atoms with van der Waals surface area (Å²) < 4.78 is 1.73. The third-order valence-electron chi connectivity index (χ3n) is 2.66. The van der Waals surface area contributed by atoms with Gasteiger partial charge in [0.15, 0.2) is 0 Å². The molecule has 1 heterocycles. The molecule has 3 heteroatoms. The maximum atomic E-state index is 10.2. The summed E-state index contributed by atoms with van der Waals surface area (Å²) in [5.41, 5.74) is 1.77. The predicted molar refractivity (Wildman–Crippen MR) is 67.0 cm³/mol. The molecule has 0 unspecified atom stereocenters. The van der Waals surface area contributed by atoms with Gasteiger partial charge in [0.05, 0.1) is 11.2 Å². The van der Waals surface area contributed by atoms with Crippen LogP contribution in [0, 0.1) is 0 Å². The summed E-state index contributed by atoms with van der Waals surface area (Å²) in [7, 11) is 0. The largest absolute Gasteiger partial charge is 0.493 e. The molecule has 0 saturated carbocycles. The van der Waals surface area contributed by atoms with Crippen molar-refractivity contribution in [2.75, 3.05) is 0 Å². The molecule has 1 N–H and O–H groups in total. The fourth-order valence-corrected chi connectivity index (χ4v) is 1.84. The van der Waals surface area contributed by atoms with Gasteiger partial charge in [-0.3, -0.25) is 0 Å². The number of hydrogen-bond acceptors (Lipinski definition) is 2. The molecule has 1 aromatic rings. The molecule has 1 rings (SSSR count). The molecule has 0 fully saturated rings. The Labute approximate surface area is 98.5 Å². The van der Waals surface area contributed by atoms with Crippen LogP contribution < -0.4 is 0 Å². The molecule has 92 valence electrons. The average molecular weight is 224 g/mol. The molecule has 1 aromatic heterocycles. The molecular weight excluding hydrogens is 200 g/mol. The molecule has 0 amide bonds. The summed E-state index contributed by atoms with van der Waals surface area (Å²) in [5, 5.41) is 14.8. The second-order valence-corrected chi connectivity index (χ2v) is 6.34. The molecule has 0 aliphatic rings. The Morgan fingerprint density at radius 3 is 1.88 bits per heavy atom. The monoisotopic (exact) mass is 224 g/mol. The third-order valence-corrected chi connectivity index (χ3v) is 2.66. The Bertz CT molecular complexity index is 378. The standard InChI is InChI=1S/C13H24N2O/c1-8-9-10(12(2,3)4)14-15(11(9)16)13(5,6)7/h16H,8H2,1-7H3. The molecule has 3 nitrogen and oxygen atoms in total. The predicted octanol–water partition coefficient (Wildman–Crippen LogP) is 3.20. The maximum Gasteiger partial charge on any atom is 0.213 e. The van der Waals surface area contributed by atoms with Crippen LogP contribution in [0.25, 0.3) is 0 Å². The molecule has 16 heavy (non-hydrogen) atoms. The lowest BCUT2D eigenvalue weighted by Gasteiger charge is -2.20. The average Bonchev–Trinajstić information content (AvgIpc) is 2.40. The van der Waals surface area contributed by atoms with Gasteiger partial charge in [-0.25, -0.2) is 4.68 Å². The van der Waals surface area contributed by atoms with E-state index in [4.69, 9.17) is 0 Å². The zero-order chi connectivity index (χ0) is 12.7. The van der Waals surface area contributed by atoms with Gasteiger partial charge in [0.2, 0.25) is 5.88 Å². The van der Waals surface area contributed by atoms with E-state index in [0.717, 1.165) is 17.7 Å². The Kier molecular flexibility index (Phi) is 3.10. The minimum absolute atomic E-state index is 0.0284. The van der Waals surface area contributed by atoms with Crippen LogP contribution >= 0.6 is 0 Å². The minimum Gasteiger partial charge on any atom is -0.493 e. The van der Waals surface area contributed by atoms with Crippen molar-refractivity contribution < 1.29 is 5.11 Å². The van der Waals surface area contributed by atoms with Crippen molar-refractivity contribution in [3.05, 3.63) is 11.3 Å². The van der Waals surface area contributed by atoms with Gasteiger partial charge in [0.1, 0.15) is 0 Å². The SMILES string of the molecule is CCc1c(C(C)(C)C)nn(C(C)(C)C)c1O. The second kappa shape index (κ2) is 3.79. The van der Waals surface area contributed by atoms with E-state index < -0.39 is 0 Å². The highest BCUT2D eigenvalue weighted by Gasteiger charge is 2.29. The van der Waals surface area contributed by atoms with Crippen molar-refractivity contribution in [2.45, 2.75) is 65.8 Å². The van der Waals surface area contributed by atoms with Crippen molar-refractivity contribution in [3.8, 4) is 5.88 Å². The van der Waals surface area contributed by atoms with Crippen molar-refractivity contribution in [1.82, 2.24) is 9.78 Å². The lowest BCUT2D eigenvalue weighted by atomic mass is 9.89. The van der Waals surface area contributed by atoms with Crippen molar-refractivity contribution in [2.24, 2.45) is 0 Å². The first-order valence-corrected chi connectivity index (χ1v) is 5.91. The lowest BCUT2D eigenvalue weighted by molar-refractivity contribution is 0.291. The number of hydrogen-bond donors (Lipinski definition) is 1. The highest BCUT2D eigenvalue weighted by atomic mass is 16.3. The summed E-state index contributed by atoms with van der Waals surface area (Å²) in [6.07, 6.45) is 0.814. The topological polar surface area (TPSA) is 38.0 Å². The second-order valence-electron chi connectivity index (χ2n) is 6.34. The van der Waals surface area contributed by atoms with Gasteiger partial charge in [-0.05, 0) is 27.2 Å². The Balaban J connectivity index is 3.44. The van der Waals surface area contributed by atoms with Crippen LogP contribution in [0.15, 0.2) is 0 Å². The van der Waals surface area contributed by atoms with Gasteiger partial charge < -0.3 is 5.11 Å². The Hall–Kier alpha value is -0.990. The van der Waals surface area contributed by atoms with Gasteiger partial charge in [-0.15, -0.1) is 0 Å². The van der Waals surface area contributed by atoms with Crippen molar-refractivity contribution in [1.29, 1.82) is 0 Å². The normalized spacial score (nSPS) is 13.2. The van der Waals surface area contributed by atoms with E-state index >= 15 is 0 Å². The third kappa shape index (κ3) is 2.23. The summed E-state index contributed by atoms with van der Waals surface area (Å²) >= 11 is 0. The number of aromatic hydroxyl groups is 1. The number of aromatic nitrogens is 2. The van der Waals surface area contributed by atoms with Crippen molar-refractivity contribution >= 4 is 0 Å². The van der Waals surface area contributed by atoms with Crippen LogP contribution in [0.3, 0.4) is 0 Å². The van der Waals surface area contributed by atoms with E-state index in [0.29, 0.717) is 5.88 Å². The Morgan fingerprint density at radius 2 is 1.62 bits per heavy atom. The van der Waals surface area contributed by atoms with Gasteiger partial charge in [0, 0.05) is 11.0 Å². The molecule has 0 radical (unpaired) electrons. The zero-order valence-electron chi connectivity index (χ0n) is 11.5. The molecule has 0 saturated heterocycles. The number of nitrogens with zero attached hydrogens (tertiary/aromatic N) is 2. The smallest absolute Gasteiger partial charge is 0.213 e. The molecule has 0 bridgehead atoms. The number of rotatable bonds is 1. The molecule has 0 aliphatic carbocycles. The summed E-state index contributed by atoms with van der Waals surface area (Å²) in [4.78, 5) is 0. The molecule has 0 spiro atoms. The fraction of sp³-hybridized carbons (Fsp3) is 0.769. The first-order valence-electron chi connectivity index (χ1n) is 5.91. The van der Waals surface area contributed by atoms with Crippen LogP contribution in [0.5, 0.6) is 5.88 Å². The molecule has 0 aliphatic heterocycles. The van der Waals surface area contributed by atoms with Crippen LogP contribution in [0.4, 0.5) is 0 Å². The fourth-order valence-electron chi connectivity index (χ4n) is 1.84. The van der Waals surface area contributed by atoms with Gasteiger partial charge in [0.25, 0.3) is 0 Å². The molecule has 0 atom stereocenters. The van der Waals surface area contributed by atoms with Crippen LogP contribution in [-0.2, 0) is 17.4 Å². The lowest BCUT2D eigenvalue weighted by Crippen LogP contribution is -2.24. The quantitative estimate of drug-likeness (QED) is 0.795. The van der Waals surface area contributed by atoms with Crippen LogP contribution in [-0.4, -0.2) is 14.9 Å². The summed E-state index contributed by atoms with van der Waals surface area (Å²) in [6, 6.07) is 0. The van der Waals surface area contributed by atoms with E-state index in [-0.39, 0.29) is 11.0 Å². The van der Waals surface area contributed by atoms with Gasteiger partial charge in [-0.1, -0.05) is 27.7 Å². The summed E-state index contributed by atoms with van der Waals surface area (Å²) in [5.74, 6) is 0.319. The maximum absolute atomic E-state index is 10.2. The van der Waals surface area contributed by atoms with Gasteiger partial charge in [-0.2, -0.15) is 5.10 Å². The van der Waals surface area contributed by atoms with Gasteiger partial charge >= 0.3 is 0 Å². The van der Waals surface area contributed by atoms with Crippen LogP contribution in [0.2, 0.25) is 0 Å². The van der Waals surface area contributed by atoms with E-state index in [1.807, 2.05) is 20.8 Å². The molecule has 0 aromatic carbocycles. The first kappa shape index (κ1) is 13.1. The van der Waals surface area contributed by atoms with E-state index in [1.54, 1.807) is 4.68 Å². The highest BCUT2D eigenvalue weighted by molar-refractivity contribution is 5.35. The Morgan fingerprint density at radius 1 is 1.12 bits per heavy atom. The first-order chi connectivity index (χ1) is 7.09. The summed E-state index contributed by atoms with van der Waals surface area (Å²) in [6.45, 7) is 14.6. The minimum atomic E-state index is -0.183. The zero-order valence-corrected chi connectivity index (χ0v) is 11.5. The van der Waals surface area contributed by atoms with E-state index in [2.05, 4.69) is 32.8 Å². The molecular formula is C13H24N2O. The van der Waals surface area contributed by atoms with E-state index in [1.165, 1.54) is 0 Å². The highest BCUT2D eigenvalue weighted by Crippen LogP contribution is 2.34.